The van der Waals surface area contributed by atoms with Gasteiger partial charge in [0.15, 0.2) is 0 Å². The molecule has 0 aromatic carbocycles. The van der Waals surface area contributed by atoms with Crippen molar-refractivity contribution in [2.75, 3.05) is 6.61 Å². The molecule has 1 aliphatic carbocycles. The second kappa shape index (κ2) is 11.8. The van der Waals surface area contributed by atoms with Crippen molar-refractivity contribution < 1.29 is 43.5 Å². The Labute approximate surface area is 140 Å². The molecule has 3 nitrogen and oxygen atoms in total. The maximum Gasteiger partial charge on any atom is 1.00 e. The normalized spacial score (nSPS) is 23.5. The predicted molar refractivity (Wildman–Crippen MR) is 73.8 cm³/mol. The third-order valence-corrected chi connectivity index (χ3v) is 5.86. The summed E-state index contributed by atoms with van der Waals surface area (Å²) >= 11 is 0. The Morgan fingerprint density at radius 1 is 0.947 bits per heavy atom. The van der Waals surface area contributed by atoms with Gasteiger partial charge in [-0.1, -0.05) is 57.8 Å². The van der Waals surface area contributed by atoms with Crippen LogP contribution in [0, 0.1) is 0 Å². The predicted octanol–water partition coefficient (Wildman–Crippen LogP) is 1.25. The molecule has 108 valence electrons. The minimum Gasteiger partial charge on any atom is -0.778 e. The zero-order chi connectivity index (χ0) is 13.3. The van der Waals surface area contributed by atoms with Crippen molar-refractivity contribution in [2.24, 2.45) is 0 Å². The van der Waals surface area contributed by atoms with Crippen molar-refractivity contribution in [2.45, 2.75) is 83.2 Å². The van der Waals surface area contributed by atoms with Gasteiger partial charge in [0.1, 0.15) is 7.60 Å². The Bertz CT molecular complexity index is 249. The van der Waals surface area contributed by atoms with Crippen LogP contribution >= 0.6 is 7.60 Å². The smallest absolute Gasteiger partial charge is 0.778 e. The van der Waals surface area contributed by atoms with Gasteiger partial charge >= 0.3 is 29.6 Å². The third kappa shape index (κ3) is 8.90. The van der Waals surface area contributed by atoms with E-state index < -0.39 is 7.60 Å². The molecule has 1 fully saturated rings. The van der Waals surface area contributed by atoms with Crippen LogP contribution in [0.5, 0.6) is 0 Å². The van der Waals surface area contributed by atoms with Crippen molar-refractivity contribution in [1.29, 1.82) is 0 Å². The van der Waals surface area contributed by atoms with Gasteiger partial charge in [-0.25, -0.2) is 0 Å². The summed E-state index contributed by atoms with van der Waals surface area (Å²) in [6.45, 7) is 2.03. The zero-order valence-electron chi connectivity index (χ0n) is 12.7. The number of hydrogen-bond donors (Lipinski definition) is 0. The van der Waals surface area contributed by atoms with E-state index in [4.69, 9.17) is 4.52 Å². The van der Waals surface area contributed by atoms with Crippen LogP contribution in [-0.2, 0) is 9.09 Å². The van der Waals surface area contributed by atoms with Gasteiger partial charge in [-0.15, -0.1) is 0 Å². The first kappa shape index (κ1) is 20.1. The van der Waals surface area contributed by atoms with E-state index in [0.29, 0.717) is 0 Å². The Balaban J connectivity index is 0.00000324. The Kier molecular flexibility index (Phi) is 12.5. The van der Waals surface area contributed by atoms with Crippen LogP contribution in [0.1, 0.15) is 77.6 Å². The van der Waals surface area contributed by atoms with Gasteiger partial charge in [-0.2, -0.15) is 0 Å². The summed E-state index contributed by atoms with van der Waals surface area (Å²) in [6, 6.07) is 0. The van der Waals surface area contributed by atoms with Crippen LogP contribution < -0.4 is 34.5 Å². The molecule has 0 heterocycles. The molecular weight excluding hydrogens is 270 g/mol. The van der Waals surface area contributed by atoms with Crippen LogP contribution in [0.25, 0.3) is 0 Å². The zero-order valence-corrected chi connectivity index (χ0v) is 15.6. The molecule has 1 unspecified atom stereocenters. The quantitative estimate of drug-likeness (QED) is 0.582. The van der Waals surface area contributed by atoms with Crippen molar-refractivity contribution in [3.63, 3.8) is 0 Å². The van der Waals surface area contributed by atoms with E-state index in [-0.39, 0.29) is 41.8 Å². The van der Waals surface area contributed by atoms with Gasteiger partial charge < -0.3 is 14.0 Å². The van der Waals surface area contributed by atoms with Crippen LogP contribution in [-0.4, -0.2) is 12.3 Å². The van der Waals surface area contributed by atoms with E-state index >= 15 is 0 Å². The molecule has 0 radical (unpaired) electrons. The molecule has 0 saturated heterocycles. The summed E-state index contributed by atoms with van der Waals surface area (Å²) < 4.78 is 17.0. The maximum atomic E-state index is 12.0. The van der Waals surface area contributed by atoms with Crippen LogP contribution in [0.15, 0.2) is 0 Å². The average Bonchev–Trinajstić information content (AvgIpc) is 2.29. The number of hydrogen-bond acceptors (Lipinski definition) is 3. The minimum absolute atomic E-state index is 0. The molecule has 0 aromatic heterocycles. The molecule has 0 aromatic rings. The monoisotopic (exact) mass is 298 g/mol. The van der Waals surface area contributed by atoms with E-state index in [9.17, 15) is 9.46 Å². The summed E-state index contributed by atoms with van der Waals surface area (Å²) in [4.78, 5) is 12.0. The SMILES string of the molecule is CCOP(=O)([O-])C1CCCCCCCCCCC1.[Na+]. The topological polar surface area (TPSA) is 49.4 Å². The summed E-state index contributed by atoms with van der Waals surface area (Å²) in [5.41, 5.74) is -0.239. The summed E-state index contributed by atoms with van der Waals surface area (Å²) in [5, 5.41) is 0. The van der Waals surface area contributed by atoms with Crippen LogP contribution in [0.4, 0.5) is 0 Å². The molecule has 1 aliphatic rings. The summed E-state index contributed by atoms with van der Waals surface area (Å²) in [7, 11) is -3.62. The maximum absolute atomic E-state index is 12.0. The van der Waals surface area contributed by atoms with Gasteiger partial charge in [-0.05, 0) is 19.8 Å². The van der Waals surface area contributed by atoms with Gasteiger partial charge in [0, 0.05) is 5.66 Å². The van der Waals surface area contributed by atoms with Crippen molar-refractivity contribution in [1.82, 2.24) is 0 Å². The first-order valence-corrected chi connectivity index (χ1v) is 9.23. The third-order valence-electron chi connectivity index (χ3n) is 3.83. The first-order chi connectivity index (χ1) is 8.67. The molecule has 1 rings (SSSR count). The molecule has 1 atom stereocenters. The molecule has 0 bridgehead atoms. The summed E-state index contributed by atoms with van der Waals surface area (Å²) in [5.74, 6) is 0. The molecule has 5 heteroatoms. The van der Waals surface area contributed by atoms with Crippen LogP contribution in [0.3, 0.4) is 0 Å². The fourth-order valence-electron chi connectivity index (χ4n) is 2.74. The van der Waals surface area contributed by atoms with E-state index in [0.717, 1.165) is 25.7 Å². The molecule has 19 heavy (non-hydrogen) atoms. The van der Waals surface area contributed by atoms with E-state index in [1.807, 2.05) is 0 Å². The van der Waals surface area contributed by atoms with Gasteiger partial charge in [0.25, 0.3) is 0 Å². The second-order valence-electron chi connectivity index (χ2n) is 5.37. The van der Waals surface area contributed by atoms with Gasteiger partial charge in [0.05, 0.1) is 6.61 Å². The molecule has 0 N–H and O–H groups in total. The number of rotatable bonds is 3. The molecule has 0 spiro atoms. The standard InChI is InChI=1S/C14H29O3P.Na/c1-2-17-18(15,16)14-12-10-8-6-4-3-5-7-9-11-13-14;/h14H,2-13H2,1H3,(H,15,16);/q;+1/p-1. The molecule has 1 saturated carbocycles. The second-order valence-corrected chi connectivity index (χ2v) is 7.44. The van der Waals surface area contributed by atoms with E-state index in [1.165, 1.54) is 44.9 Å². The fourth-order valence-corrected chi connectivity index (χ4v) is 4.31. The van der Waals surface area contributed by atoms with E-state index in [1.54, 1.807) is 6.92 Å². The minimum atomic E-state index is -3.62. The fraction of sp³-hybridized carbons (Fsp3) is 1.00. The van der Waals surface area contributed by atoms with Crippen LogP contribution in [0.2, 0.25) is 0 Å². The van der Waals surface area contributed by atoms with E-state index in [2.05, 4.69) is 0 Å². The van der Waals surface area contributed by atoms with Gasteiger partial charge in [0.2, 0.25) is 0 Å². The molecule has 0 amide bonds. The van der Waals surface area contributed by atoms with Crippen molar-refractivity contribution >= 4 is 7.60 Å². The Hall–Kier alpha value is 1.15. The Morgan fingerprint density at radius 3 is 1.68 bits per heavy atom. The summed E-state index contributed by atoms with van der Waals surface area (Å²) in [6.07, 6.45) is 12.5. The molecule has 0 aliphatic heterocycles. The Morgan fingerprint density at radius 2 is 1.32 bits per heavy atom. The molecular formula is C14H28NaO3P. The van der Waals surface area contributed by atoms with Gasteiger partial charge in [-0.3, -0.25) is 0 Å². The van der Waals surface area contributed by atoms with Crippen molar-refractivity contribution in [3.8, 4) is 0 Å². The van der Waals surface area contributed by atoms with Crippen molar-refractivity contribution in [3.05, 3.63) is 0 Å². The average molecular weight is 298 g/mol. The first-order valence-electron chi connectivity index (χ1n) is 7.62. The largest absolute Gasteiger partial charge is 1.00 e.